The Balaban J connectivity index is 1.62. The van der Waals surface area contributed by atoms with Gasteiger partial charge in [-0.1, -0.05) is 22.9 Å². The first-order valence-electron chi connectivity index (χ1n) is 8.07. The maximum Gasteiger partial charge on any atom is 0.251 e. The molecule has 1 aliphatic carbocycles. The van der Waals surface area contributed by atoms with E-state index in [1.807, 2.05) is 6.07 Å². The van der Waals surface area contributed by atoms with Crippen molar-refractivity contribution in [2.24, 2.45) is 0 Å². The molecule has 0 spiro atoms. The molecule has 2 aliphatic rings. The van der Waals surface area contributed by atoms with Gasteiger partial charge in [0.25, 0.3) is 5.91 Å². The molecule has 4 rings (SSSR count). The number of hydrogen-bond donors (Lipinski definition) is 2. The molecule has 0 bridgehead atoms. The van der Waals surface area contributed by atoms with E-state index >= 15 is 0 Å². The molecule has 1 amide bonds. The van der Waals surface area contributed by atoms with E-state index in [4.69, 9.17) is 11.6 Å². The maximum absolute atomic E-state index is 12.3. The second kappa shape index (κ2) is 6.26. The molecule has 2 heterocycles. The molecule has 1 saturated carbocycles. The highest BCUT2D eigenvalue weighted by Crippen LogP contribution is 2.34. The standard InChI is InChI=1S/C16H19ClN4OS/c17-12-8-10(15(22)19-11-2-1-3-11)9-13-14(12)20-16(23-13)21-6-4-18-5-7-21/h8-9,11,18H,1-7H2,(H,19,22). The third-order valence-electron chi connectivity index (χ3n) is 4.53. The molecule has 2 aromatic rings. The lowest BCUT2D eigenvalue weighted by Crippen LogP contribution is -2.43. The van der Waals surface area contributed by atoms with E-state index in [9.17, 15) is 4.79 Å². The number of fused-ring (bicyclic) bond motifs is 1. The van der Waals surface area contributed by atoms with Crippen LogP contribution >= 0.6 is 22.9 Å². The van der Waals surface area contributed by atoms with Crippen molar-refractivity contribution < 1.29 is 4.79 Å². The van der Waals surface area contributed by atoms with Crippen molar-refractivity contribution >= 4 is 44.2 Å². The average Bonchev–Trinajstić information content (AvgIpc) is 2.96. The molecule has 122 valence electrons. The first-order valence-corrected chi connectivity index (χ1v) is 9.27. The van der Waals surface area contributed by atoms with Gasteiger partial charge in [-0.2, -0.15) is 0 Å². The monoisotopic (exact) mass is 350 g/mol. The van der Waals surface area contributed by atoms with Gasteiger partial charge in [-0.05, 0) is 31.4 Å². The molecule has 1 saturated heterocycles. The summed E-state index contributed by atoms with van der Waals surface area (Å²) in [7, 11) is 0. The Labute approximate surface area is 144 Å². The summed E-state index contributed by atoms with van der Waals surface area (Å²) >= 11 is 7.99. The summed E-state index contributed by atoms with van der Waals surface area (Å²) in [6.07, 6.45) is 3.36. The number of carbonyl (C=O) groups is 1. The van der Waals surface area contributed by atoms with Gasteiger partial charge in [-0.15, -0.1) is 0 Å². The second-order valence-electron chi connectivity index (χ2n) is 6.14. The molecule has 1 aromatic heterocycles. The third-order valence-corrected chi connectivity index (χ3v) is 5.88. The number of rotatable bonds is 3. The average molecular weight is 351 g/mol. The summed E-state index contributed by atoms with van der Waals surface area (Å²) in [5, 5.41) is 7.94. The number of amides is 1. The Morgan fingerprint density at radius 1 is 1.35 bits per heavy atom. The number of carbonyl (C=O) groups excluding carboxylic acids is 1. The molecule has 1 aromatic carbocycles. The number of benzene rings is 1. The zero-order chi connectivity index (χ0) is 15.8. The molecule has 1 aliphatic heterocycles. The first-order chi connectivity index (χ1) is 11.2. The van der Waals surface area contributed by atoms with Crippen LogP contribution in [0.3, 0.4) is 0 Å². The predicted octanol–water partition coefficient (Wildman–Crippen LogP) is 2.64. The van der Waals surface area contributed by atoms with Gasteiger partial charge in [0.1, 0.15) is 5.52 Å². The van der Waals surface area contributed by atoms with E-state index in [-0.39, 0.29) is 5.91 Å². The SMILES string of the molecule is O=C(NC1CCC1)c1cc(Cl)c2nc(N3CCNCC3)sc2c1. The van der Waals surface area contributed by atoms with E-state index in [1.165, 1.54) is 6.42 Å². The van der Waals surface area contributed by atoms with Crippen LogP contribution in [0.4, 0.5) is 5.13 Å². The Kier molecular flexibility index (Phi) is 4.13. The summed E-state index contributed by atoms with van der Waals surface area (Å²) in [5.41, 5.74) is 1.43. The van der Waals surface area contributed by atoms with Gasteiger partial charge < -0.3 is 15.5 Å². The van der Waals surface area contributed by atoms with E-state index in [1.54, 1.807) is 17.4 Å². The Hall–Kier alpha value is -1.37. The van der Waals surface area contributed by atoms with E-state index < -0.39 is 0 Å². The highest BCUT2D eigenvalue weighted by molar-refractivity contribution is 7.22. The lowest BCUT2D eigenvalue weighted by Gasteiger charge is -2.26. The predicted molar refractivity (Wildman–Crippen MR) is 94.8 cm³/mol. The van der Waals surface area contributed by atoms with Gasteiger partial charge in [0.15, 0.2) is 5.13 Å². The summed E-state index contributed by atoms with van der Waals surface area (Å²) in [5.74, 6) is -0.0318. The van der Waals surface area contributed by atoms with E-state index in [0.29, 0.717) is 16.6 Å². The molecular weight excluding hydrogens is 332 g/mol. The van der Waals surface area contributed by atoms with Crippen LogP contribution in [-0.4, -0.2) is 43.1 Å². The van der Waals surface area contributed by atoms with Gasteiger partial charge in [0.2, 0.25) is 0 Å². The van der Waals surface area contributed by atoms with Gasteiger partial charge in [-0.25, -0.2) is 4.98 Å². The molecular formula is C16H19ClN4OS. The van der Waals surface area contributed by atoms with Crippen molar-refractivity contribution in [1.82, 2.24) is 15.6 Å². The molecule has 5 nitrogen and oxygen atoms in total. The van der Waals surface area contributed by atoms with Crippen LogP contribution < -0.4 is 15.5 Å². The molecule has 23 heavy (non-hydrogen) atoms. The maximum atomic E-state index is 12.3. The molecule has 0 radical (unpaired) electrons. The Morgan fingerprint density at radius 2 is 2.13 bits per heavy atom. The third kappa shape index (κ3) is 3.03. The lowest BCUT2D eigenvalue weighted by atomic mass is 9.93. The molecule has 2 N–H and O–H groups in total. The lowest BCUT2D eigenvalue weighted by molar-refractivity contribution is 0.0917. The fourth-order valence-corrected chi connectivity index (χ4v) is 4.32. The number of aromatic nitrogens is 1. The fraction of sp³-hybridized carbons (Fsp3) is 0.500. The summed E-state index contributed by atoms with van der Waals surface area (Å²) in [6, 6.07) is 3.98. The topological polar surface area (TPSA) is 57.3 Å². The van der Waals surface area contributed by atoms with Crippen molar-refractivity contribution in [3.8, 4) is 0 Å². The molecule has 7 heteroatoms. The zero-order valence-electron chi connectivity index (χ0n) is 12.8. The van der Waals surface area contributed by atoms with Gasteiger partial charge in [0.05, 0.1) is 9.72 Å². The summed E-state index contributed by atoms with van der Waals surface area (Å²) in [6.45, 7) is 3.84. The van der Waals surface area contributed by atoms with Crippen LogP contribution in [0.2, 0.25) is 5.02 Å². The van der Waals surface area contributed by atoms with Crippen LogP contribution in [0.1, 0.15) is 29.6 Å². The van der Waals surface area contributed by atoms with Crippen molar-refractivity contribution in [2.75, 3.05) is 31.1 Å². The number of anilines is 1. The van der Waals surface area contributed by atoms with Crippen LogP contribution in [0.5, 0.6) is 0 Å². The Bertz CT molecular complexity index is 737. The van der Waals surface area contributed by atoms with Gasteiger partial charge in [-0.3, -0.25) is 4.79 Å². The van der Waals surface area contributed by atoms with Gasteiger partial charge in [0, 0.05) is 37.8 Å². The van der Waals surface area contributed by atoms with Crippen LogP contribution in [0.25, 0.3) is 10.2 Å². The minimum Gasteiger partial charge on any atom is -0.349 e. The quantitative estimate of drug-likeness (QED) is 0.893. The number of halogens is 1. The first kappa shape index (κ1) is 15.2. The largest absolute Gasteiger partial charge is 0.349 e. The van der Waals surface area contributed by atoms with Crippen molar-refractivity contribution in [3.63, 3.8) is 0 Å². The summed E-state index contributed by atoms with van der Waals surface area (Å²) < 4.78 is 0.977. The normalized spacial score (nSPS) is 18.9. The van der Waals surface area contributed by atoms with Crippen LogP contribution in [-0.2, 0) is 0 Å². The number of nitrogens with zero attached hydrogens (tertiary/aromatic N) is 2. The van der Waals surface area contributed by atoms with Gasteiger partial charge >= 0.3 is 0 Å². The Morgan fingerprint density at radius 3 is 2.83 bits per heavy atom. The minimum atomic E-state index is -0.0318. The number of hydrogen-bond acceptors (Lipinski definition) is 5. The highest BCUT2D eigenvalue weighted by atomic mass is 35.5. The van der Waals surface area contributed by atoms with Crippen molar-refractivity contribution in [2.45, 2.75) is 25.3 Å². The van der Waals surface area contributed by atoms with Crippen LogP contribution in [0, 0.1) is 0 Å². The zero-order valence-corrected chi connectivity index (χ0v) is 14.3. The van der Waals surface area contributed by atoms with E-state index in [0.717, 1.165) is 54.4 Å². The van der Waals surface area contributed by atoms with E-state index in [2.05, 4.69) is 20.5 Å². The molecule has 0 unspecified atom stereocenters. The molecule has 2 fully saturated rings. The fourth-order valence-electron chi connectivity index (χ4n) is 2.92. The number of nitrogens with one attached hydrogen (secondary N) is 2. The second-order valence-corrected chi connectivity index (χ2v) is 7.56. The van der Waals surface area contributed by atoms with Crippen molar-refractivity contribution in [3.05, 3.63) is 22.7 Å². The smallest absolute Gasteiger partial charge is 0.251 e. The van der Waals surface area contributed by atoms with Crippen molar-refractivity contribution in [1.29, 1.82) is 0 Å². The number of thiazole rings is 1. The highest BCUT2D eigenvalue weighted by Gasteiger charge is 2.22. The minimum absolute atomic E-state index is 0.0318. The van der Waals surface area contributed by atoms with Crippen LogP contribution in [0.15, 0.2) is 12.1 Å². The summed E-state index contributed by atoms with van der Waals surface area (Å²) in [4.78, 5) is 19.3. The molecule has 0 atom stereocenters. The number of piperazine rings is 1.